The van der Waals surface area contributed by atoms with E-state index in [0.717, 1.165) is 29.4 Å². The molecule has 2 heterocycles. The molecule has 0 aliphatic carbocycles. The largest absolute Gasteiger partial charge is 0.358 e. The molecule has 0 bridgehead atoms. The molecule has 1 fully saturated rings. The number of piperidine rings is 1. The van der Waals surface area contributed by atoms with Crippen LogP contribution in [0.5, 0.6) is 0 Å². The zero-order valence-electron chi connectivity index (χ0n) is 13.8. The van der Waals surface area contributed by atoms with Gasteiger partial charge in [-0.25, -0.2) is 4.79 Å². The summed E-state index contributed by atoms with van der Waals surface area (Å²) in [5, 5.41) is 6.93. The highest BCUT2D eigenvalue weighted by Crippen LogP contribution is 2.27. The summed E-state index contributed by atoms with van der Waals surface area (Å²) in [6.07, 6.45) is 1.50. The number of hydrogen-bond donors (Lipinski definition) is 3. The lowest BCUT2D eigenvalue weighted by atomic mass is 10.0. The molecule has 3 N–H and O–H groups in total. The predicted molar refractivity (Wildman–Crippen MR) is 94.6 cm³/mol. The van der Waals surface area contributed by atoms with Crippen LogP contribution < -0.4 is 10.6 Å². The Labute approximate surface area is 145 Å². The number of nitrogens with zero attached hydrogens (tertiary/aromatic N) is 1. The Morgan fingerprint density at radius 3 is 2.67 bits per heavy atom. The van der Waals surface area contributed by atoms with Crippen LogP contribution in [0.25, 0.3) is 10.9 Å². The van der Waals surface area contributed by atoms with E-state index in [1.54, 1.807) is 7.05 Å². The SMILES string of the molecule is CNC(=O)NC1CCN(C(=O)c2c(C)[nH]c3ccc(Cl)cc23)CC1. The maximum absolute atomic E-state index is 13.0. The fourth-order valence-electron chi connectivity index (χ4n) is 3.22. The molecule has 0 saturated carbocycles. The molecule has 1 aromatic carbocycles. The summed E-state index contributed by atoms with van der Waals surface area (Å²) < 4.78 is 0. The van der Waals surface area contributed by atoms with Gasteiger partial charge in [-0.2, -0.15) is 0 Å². The summed E-state index contributed by atoms with van der Waals surface area (Å²) in [4.78, 5) is 29.4. The lowest BCUT2D eigenvalue weighted by Gasteiger charge is -2.32. The van der Waals surface area contributed by atoms with Crippen molar-refractivity contribution in [1.82, 2.24) is 20.5 Å². The van der Waals surface area contributed by atoms with Crippen molar-refractivity contribution in [3.63, 3.8) is 0 Å². The first-order valence-corrected chi connectivity index (χ1v) is 8.42. The van der Waals surface area contributed by atoms with Gasteiger partial charge >= 0.3 is 6.03 Å². The molecule has 0 radical (unpaired) electrons. The minimum Gasteiger partial charge on any atom is -0.358 e. The molecule has 128 valence electrons. The van der Waals surface area contributed by atoms with E-state index < -0.39 is 0 Å². The Hall–Kier alpha value is -2.21. The molecule has 1 aliphatic rings. The van der Waals surface area contributed by atoms with E-state index in [2.05, 4.69) is 15.6 Å². The van der Waals surface area contributed by atoms with Crippen molar-refractivity contribution in [3.05, 3.63) is 34.5 Å². The fourth-order valence-corrected chi connectivity index (χ4v) is 3.39. The molecular formula is C17H21ClN4O2. The molecule has 1 saturated heterocycles. The minimum atomic E-state index is -0.179. The van der Waals surface area contributed by atoms with Crippen LogP contribution in [-0.4, -0.2) is 48.0 Å². The number of carbonyl (C=O) groups is 2. The standard InChI is InChI=1S/C17H21ClN4O2/c1-10-15(13-9-11(18)3-4-14(13)20-10)16(23)22-7-5-12(6-8-22)21-17(24)19-2/h3-4,9,12,20H,5-8H2,1-2H3,(H2,19,21,24). The molecule has 2 aromatic rings. The molecule has 24 heavy (non-hydrogen) atoms. The Balaban J connectivity index is 1.75. The number of amides is 3. The summed E-state index contributed by atoms with van der Waals surface area (Å²) >= 11 is 6.09. The Kier molecular flexibility index (Phi) is 4.66. The number of urea groups is 1. The maximum Gasteiger partial charge on any atom is 0.314 e. The van der Waals surface area contributed by atoms with Gasteiger partial charge in [0.25, 0.3) is 5.91 Å². The van der Waals surface area contributed by atoms with Crippen LogP contribution in [0.2, 0.25) is 5.02 Å². The number of aromatic amines is 1. The van der Waals surface area contributed by atoms with E-state index >= 15 is 0 Å². The van der Waals surface area contributed by atoms with Crippen molar-refractivity contribution in [2.75, 3.05) is 20.1 Å². The Morgan fingerprint density at radius 2 is 2.00 bits per heavy atom. The highest BCUT2D eigenvalue weighted by atomic mass is 35.5. The van der Waals surface area contributed by atoms with Crippen molar-refractivity contribution in [2.45, 2.75) is 25.8 Å². The number of benzene rings is 1. The van der Waals surface area contributed by atoms with Crippen LogP contribution in [-0.2, 0) is 0 Å². The average molecular weight is 349 g/mol. The van der Waals surface area contributed by atoms with Gasteiger partial charge in [0.15, 0.2) is 0 Å². The van der Waals surface area contributed by atoms with E-state index in [0.29, 0.717) is 23.7 Å². The van der Waals surface area contributed by atoms with E-state index in [-0.39, 0.29) is 18.0 Å². The molecule has 6 nitrogen and oxygen atoms in total. The van der Waals surface area contributed by atoms with Crippen molar-refractivity contribution in [3.8, 4) is 0 Å². The average Bonchev–Trinajstić information content (AvgIpc) is 2.89. The van der Waals surface area contributed by atoms with Gasteiger partial charge in [0.2, 0.25) is 0 Å². The van der Waals surface area contributed by atoms with Gasteiger partial charge in [-0.05, 0) is 38.0 Å². The van der Waals surface area contributed by atoms with Crippen LogP contribution in [0.15, 0.2) is 18.2 Å². The molecule has 1 aliphatic heterocycles. The summed E-state index contributed by atoms with van der Waals surface area (Å²) in [6, 6.07) is 5.45. The Morgan fingerprint density at radius 1 is 1.29 bits per heavy atom. The van der Waals surface area contributed by atoms with Crippen LogP contribution in [0.3, 0.4) is 0 Å². The summed E-state index contributed by atoms with van der Waals surface area (Å²) in [7, 11) is 1.60. The van der Waals surface area contributed by atoms with Crippen molar-refractivity contribution >= 4 is 34.4 Å². The number of halogens is 1. The molecule has 0 spiro atoms. The quantitative estimate of drug-likeness (QED) is 0.780. The lowest BCUT2D eigenvalue weighted by molar-refractivity contribution is 0.0709. The molecule has 3 amide bonds. The van der Waals surface area contributed by atoms with Crippen LogP contribution in [0, 0.1) is 6.92 Å². The Bertz CT molecular complexity index is 778. The molecular weight excluding hydrogens is 328 g/mol. The zero-order valence-corrected chi connectivity index (χ0v) is 14.5. The second-order valence-corrected chi connectivity index (χ2v) is 6.54. The third kappa shape index (κ3) is 3.19. The lowest BCUT2D eigenvalue weighted by Crippen LogP contribution is -2.48. The number of likely N-dealkylation sites (tertiary alicyclic amines) is 1. The number of H-pyrrole nitrogens is 1. The number of fused-ring (bicyclic) bond motifs is 1. The first-order valence-electron chi connectivity index (χ1n) is 8.05. The van der Waals surface area contributed by atoms with Gasteiger partial charge in [-0.3, -0.25) is 4.79 Å². The normalized spacial score (nSPS) is 15.5. The van der Waals surface area contributed by atoms with Crippen LogP contribution in [0.4, 0.5) is 4.79 Å². The summed E-state index contributed by atoms with van der Waals surface area (Å²) in [5.41, 5.74) is 2.45. The number of aryl methyl sites for hydroxylation is 1. The van der Waals surface area contributed by atoms with Crippen LogP contribution in [0.1, 0.15) is 28.9 Å². The number of hydrogen-bond acceptors (Lipinski definition) is 2. The molecule has 0 unspecified atom stereocenters. The first-order chi connectivity index (χ1) is 11.5. The van der Waals surface area contributed by atoms with Gasteiger partial charge < -0.3 is 20.5 Å². The second kappa shape index (κ2) is 6.73. The molecule has 0 atom stereocenters. The topological polar surface area (TPSA) is 77.2 Å². The maximum atomic E-state index is 13.0. The highest BCUT2D eigenvalue weighted by molar-refractivity contribution is 6.31. The first kappa shape index (κ1) is 16.6. The van der Waals surface area contributed by atoms with E-state index in [1.807, 2.05) is 30.0 Å². The number of nitrogens with one attached hydrogen (secondary N) is 3. The smallest absolute Gasteiger partial charge is 0.314 e. The molecule has 7 heteroatoms. The number of carbonyl (C=O) groups excluding carboxylic acids is 2. The monoisotopic (exact) mass is 348 g/mol. The van der Waals surface area contributed by atoms with Crippen molar-refractivity contribution < 1.29 is 9.59 Å². The highest BCUT2D eigenvalue weighted by Gasteiger charge is 2.27. The van der Waals surface area contributed by atoms with Gasteiger partial charge in [-0.1, -0.05) is 11.6 Å². The second-order valence-electron chi connectivity index (χ2n) is 6.10. The predicted octanol–water partition coefficient (Wildman–Crippen LogP) is 2.66. The molecule has 3 rings (SSSR count). The third-order valence-corrected chi connectivity index (χ3v) is 4.74. The fraction of sp³-hybridized carbons (Fsp3) is 0.412. The van der Waals surface area contributed by atoms with Gasteiger partial charge in [0, 0.05) is 47.8 Å². The van der Waals surface area contributed by atoms with E-state index in [9.17, 15) is 9.59 Å². The van der Waals surface area contributed by atoms with E-state index in [1.165, 1.54) is 0 Å². The minimum absolute atomic E-state index is 0.0133. The number of aromatic nitrogens is 1. The third-order valence-electron chi connectivity index (χ3n) is 4.51. The molecule has 1 aromatic heterocycles. The van der Waals surface area contributed by atoms with Crippen molar-refractivity contribution in [1.29, 1.82) is 0 Å². The van der Waals surface area contributed by atoms with Crippen LogP contribution >= 0.6 is 11.6 Å². The van der Waals surface area contributed by atoms with Gasteiger partial charge in [0.05, 0.1) is 5.56 Å². The van der Waals surface area contributed by atoms with Crippen molar-refractivity contribution in [2.24, 2.45) is 0 Å². The van der Waals surface area contributed by atoms with E-state index in [4.69, 9.17) is 11.6 Å². The number of rotatable bonds is 2. The van der Waals surface area contributed by atoms with Gasteiger partial charge in [-0.15, -0.1) is 0 Å². The summed E-state index contributed by atoms with van der Waals surface area (Å²) in [5.74, 6) is 0.0133. The summed E-state index contributed by atoms with van der Waals surface area (Å²) in [6.45, 7) is 3.15. The van der Waals surface area contributed by atoms with Gasteiger partial charge in [0.1, 0.15) is 0 Å². The zero-order chi connectivity index (χ0) is 17.3.